The lowest BCUT2D eigenvalue weighted by atomic mass is 10.3. The van der Waals surface area contributed by atoms with Gasteiger partial charge in [-0.2, -0.15) is 0 Å². The summed E-state index contributed by atoms with van der Waals surface area (Å²) >= 11 is 3.38. The Morgan fingerprint density at radius 3 is 2.71 bits per heavy atom. The van der Waals surface area contributed by atoms with Crippen LogP contribution >= 0.6 is 15.9 Å². The zero-order valence-corrected chi connectivity index (χ0v) is 11.6. The number of hydrogen-bond acceptors (Lipinski definition) is 5. The van der Waals surface area contributed by atoms with Gasteiger partial charge in [-0.05, 0) is 29.8 Å². The average molecular weight is 302 g/mol. The number of aromatic nitrogens is 2. The van der Waals surface area contributed by atoms with E-state index < -0.39 is 0 Å². The molecule has 1 rings (SSSR count). The maximum Gasteiger partial charge on any atom is 0.242 e. The van der Waals surface area contributed by atoms with Crippen LogP contribution in [0.15, 0.2) is 10.8 Å². The van der Waals surface area contributed by atoms with E-state index in [0.717, 1.165) is 0 Å². The van der Waals surface area contributed by atoms with E-state index in [1.54, 1.807) is 14.0 Å². The molecule has 17 heavy (non-hydrogen) atoms. The lowest BCUT2D eigenvalue weighted by Crippen LogP contribution is -2.37. The molecule has 7 heteroatoms. The van der Waals surface area contributed by atoms with Gasteiger partial charge in [-0.1, -0.05) is 0 Å². The van der Waals surface area contributed by atoms with Gasteiger partial charge in [-0.15, -0.1) is 0 Å². The first-order valence-electron chi connectivity index (χ1n) is 5.32. The van der Waals surface area contributed by atoms with Crippen LogP contribution in [0, 0.1) is 0 Å². The van der Waals surface area contributed by atoms with E-state index >= 15 is 0 Å². The van der Waals surface area contributed by atoms with Crippen LogP contribution in [0.1, 0.15) is 13.8 Å². The Balaban J connectivity index is 2.78. The molecule has 1 unspecified atom stereocenters. The summed E-state index contributed by atoms with van der Waals surface area (Å²) in [6.07, 6.45) is 1.43. The maximum atomic E-state index is 11.6. The number of carbonyl (C=O) groups is 1. The fourth-order valence-electron chi connectivity index (χ4n) is 1.24. The van der Waals surface area contributed by atoms with Gasteiger partial charge in [0.15, 0.2) is 0 Å². The second-order valence-corrected chi connectivity index (χ2v) is 4.19. The largest absolute Gasteiger partial charge is 0.372 e. The number of halogens is 1. The van der Waals surface area contributed by atoms with Crippen molar-refractivity contribution in [1.29, 1.82) is 0 Å². The molecule has 1 atom stereocenters. The number of nitrogens with one attached hydrogen (secondary N) is 3. The molecule has 1 amide bonds. The van der Waals surface area contributed by atoms with Crippen LogP contribution in [0.2, 0.25) is 0 Å². The summed E-state index contributed by atoms with van der Waals surface area (Å²) in [6.45, 7) is 4.26. The van der Waals surface area contributed by atoms with Crippen molar-refractivity contribution in [2.75, 3.05) is 24.2 Å². The molecule has 1 heterocycles. The van der Waals surface area contributed by atoms with Gasteiger partial charge in [0.25, 0.3) is 0 Å². The van der Waals surface area contributed by atoms with Crippen molar-refractivity contribution in [1.82, 2.24) is 15.3 Å². The van der Waals surface area contributed by atoms with Crippen molar-refractivity contribution in [3.05, 3.63) is 10.8 Å². The standard InChI is InChI=1S/C10H16BrN5O/c1-4-13-10(17)6(2)16-9-7(11)8(12-3)14-5-15-9/h5-6H,4H2,1-3H3,(H,13,17)(H2,12,14,15,16). The number of rotatable bonds is 5. The topological polar surface area (TPSA) is 78.9 Å². The molecule has 94 valence electrons. The molecule has 0 radical (unpaired) electrons. The number of carbonyl (C=O) groups excluding carboxylic acids is 1. The summed E-state index contributed by atoms with van der Waals surface area (Å²) in [4.78, 5) is 19.7. The van der Waals surface area contributed by atoms with E-state index in [1.165, 1.54) is 6.33 Å². The van der Waals surface area contributed by atoms with E-state index in [9.17, 15) is 4.79 Å². The van der Waals surface area contributed by atoms with Gasteiger partial charge in [-0.3, -0.25) is 4.79 Å². The SMILES string of the molecule is CCNC(=O)C(C)Nc1ncnc(NC)c1Br. The number of amides is 1. The lowest BCUT2D eigenvalue weighted by molar-refractivity contribution is -0.121. The Morgan fingerprint density at radius 1 is 1.47 bits per heavy atom. The van der Waals surface area contributed by atoms with Crippen LogP contribution in [0.5, 0.6) is 0 Å². The van der Waals surface area contributed by atoms with Crippen molar-refractivity contribution < 1.29 is 4.79 Å². The zero-order chi connectivity index (χ0) is 12.8. The summed E-state index contributed by atoms with van der Waals surface area (Å²) in [5.74, 6) is 1.19. The van der Waals surface area contributed by atoms with Crippen molar-refractivity contribution in [2.45, 2.75) is 19.9 Å². The van der Waals surface area contributed by atoms with Gasteiger partial charge >= 0.3 is 0 Å². The quantitative estimate of drug-likeness (QED) is 0.762. The van der Waals surface area contributed by atoms with E-state index in [0.29, 0.717) is 22.7 Å². The number of anilines is 2. The number of nitrogens with zero attached hydrogens (tertiary/aromatic N) is 2. The first kappa shape index (κ1) is 13.7. The summed E-state index contributed by atoms with van der Waals surface area (Å²) in [7, 11) is 1.77. The van der Waals surface area contributed by atoms with Crippen LogP contribution in [-0.2, 0) is 4.79 Å². The van der Waals surface area contributed by atoms with Gasteiger partial charge in [0.05, 0.1) is 0 Å². The first-order valence-corrected chi connectivity index (χ1v) is 6.12. The molecule has 0 aromatic carbocycles. The average Bonchev–Trinajstić information content (AvgIpc) is 2.32. The normalized spacial score (nSPS) is 11.8. The molecule has 0 aliphatic rings. The highest BCUT2D eigenvalue weighted by Gasteiger charge is 2.15. The summed E-state index contributed by atoms with van der Waals surface area (Å²) in [5, 5.41) is 8.68. The molecule has 1 aromatic heterocycles. The van der Waals surface area contributed by atoms with Crippen LogP contribution in [-0.4, -0.2) is 35.5 Å². The molecule has 0 saturated heterocycles. The number of likely N-dealkylation sites (N-methyl/N-ethyl adjacent to an activating group) is 1. The highest BCUT2D eigenvalue weighted by atomic mass is 79.9. The van der Waals surface area contributed by atoms with Crippen molar-refractivity contribution in [3.63, 3.8) is 0 Å². The lowest BCUT2D eigenvalue weighted by Gasteiger charge is -2.15. The third-order valence-corrected chi connectivity index (χ3v) is 2.87. The highest BCUT2D eigenvalue weighted by molar-refractivity contribution is 9.10. The van der Waals surface area contributed by atoms with Gasteiger partial charge < -0.3 is 16.0 Å². The minimum atomic E-state index is -0.356. The predicted molar refractivity (Wildman–Crippen MR) is 71.0 cm³/mol. The Morgan fingerprint density at radius 2 is 2.12 bits per heavy atom. The van der Waals surface area contributed by atoms with Crippen LogP contribution < -0.4 is 16.0 Å². The summed E-state index contributed by atoms with van der Waals surface area (Å²) in [5.41, 5.74) is 0. The van der Waals surface area contributed by atoms with E-state index in [4.69, 9.17) is 0 Å². The third-order valence-electron chi connectivity index (χ3n) is 2.12. The predicted octanol–water partition coefficient (Wildman–Crippen LogP) is 1.22. The molecular weight excluding hydrogens is 286 g/mol. The Hall–Kier alpha value is -1.37. The molecule has 3 N–H and O–H groups in total. The fourth-order valence-corrected chi connectivity index (χ4v) is 1.76. The maximum absolute atomic E-state index is 11.6. The molecular formula is C10H16BrN5O. The van der Waals surface area contributed by atoms with Crippen LogP contribution in [0.4, 0.5) is 11.6 Å². The molecule has 0 aliphatic heterocycles. The summed E-state index contributed by atoms with van der Waals surface area (Å²) in [6, 6.07) is -0.356. The second kappa shape index (κ2) is 6.39. The fraction of sp³-hybridized carbons (Fsp3) is 0.500. The van der Waals surface area contributed by atoms with Gasteiger partial charge in [-0.25, -0.2) is 9.97 Å². The second-order valence-electron chi connectivity index (χ2n) is 3.40. The zero-order valence-electron chi connectivity index (χ0n) is 10.0. The minimum absolute atomic E-state index is 0.0657. The molecule has 0 saturated carbocycles. The number of hydrogen-bond donors (Lipinski definition) is 3. The van der Waals surface area contributed by atoms with Crippen LogP contribution in [0.25, 0.3) is 0 Å². The van der Waals surface area contributed by atoms with E-state index in [-0.39, 0.29) is 11.9 Å². The van der Waals surface area contributed by atoms with Crippen molar-refractivity contribution >= 4 is 33.5 Å². The van der Waals surface area contributed by atoms with Crippen molar-refractivity contribution in [2.24, 2.45) is 0 Å². The molecule has 0 fully saturated rings. The summed E-state index contributed by atoms with van der Waals surface area (Å²) < 4.78 is 0.707. The Labute approximate surface area is 109 Å². The molecule has 0 aliphatic carbocycles. The van der Waals surface area contributed by atoms with E-state index in [2.05, 4.69) is 41.8 Å². The minimum Gasteiger partial charge on any atom is -0.372 e. The molecule has 6 nitrogen and oxygen atoms in total. The smallest absolute Gasteiger partial charge is 0.242 e. The Kier molecular flexibility index (Phi) is 5.14. The van der Waals surface area contributed by atoms with Gasteiger partial charge in [0, 0.05) is 13.6 Å². The molecule has 0 spiro atoms. The molecule has 1 aromatic rings. The molecule has 0 bridgehead atoms. The highest BCUT2D eigenvalue weighted by Crippen LogP contribution is 2.26. The third kappa shape index (κ3) is 3.55. The van der Waals surface area contributed by atoms with Gasteiger partial charge in [0.2, 0.25) is 5.91 Å². The van der Waals surface area contributed by atoms with Crippen LogP contribution in [0.3, 0.4) is 0 Å². The van der Waals surface area contributed by atoms with Crippen molar-refractivity contribution in [3.8, 4) is 0 Å². The van der Waals surface area contributed by atoms with E-state index in [1.807, 2.05) is 6.92 Å². The first-order chi connectivity index (χ1) is 8.10. The monoisotopic (exact) mass is 301 g/mol. The Bertz CT molecular complexity index is 398. The van der Waals surface area contributed by atoms with Gasteiger partial charge in [0.1, 0.15) is 28.5 Å².